The SMILES string of the molecule is CCC(/C=C/c1ccc(OC)cc1)=N\OC(=O)c1ccc(OC)cc1. The second kappa shape index (κ2) is 9.27. The molecule has 0 aliphatic rings. The van der Waals surface area contributed by atoms with Crippen LogP contribution in [-0.2, 0) is 4.84 Å². The summed E-state index contributed by atoms with van der Waals surface area (Å²) < 4.78 is 10.2. The fourth-order valence-electron chi connectivity index (χ4n) is 2.00. The van der Waals surface area contributed by atoms with Crippen LogP contribution < -0.4 is 9.47 Å². The van der Waals surface area contributed by atoms with Crippen molar-refractivity contribution < 1.29 is 19.1 Å². The maximum absolute atomic E-state index is 12.0. The fourth-order valence-corrected chi connectivity index (χ4v) is 2.00. The molecular formula is C20H21NO4. The summed E-state index contributed by atoms with van der Waals surface area (Å²) in [6.07, 6.45) is 4.37. The Morgan fingerprint density at radius 2 is 1.52 bits per heavy atom. The van der Waals surface area contributed by atoms with Gasteiger partial charge in [0.15, 0.2) is 0 Å². The van der Waals surface area contributed by atoms with E-state index < -0.39 is 5.97 Å². The molecule has 130 valence electrons. The van der Waals surface area contributed by atoms with Gasteiger partial charge in [0.05, 0.1) is 25.5 Å². The minimum atomic E-state index is -0.508. The maximum atomic E-state index is 12.0. The molecule has 2 aromatic carbocycles. The summed E-state index contributed by atoms with van der Waals surface area (Å²) in [6.45, 7) is 1.94. The average molecular weight is 339 g/mol. The monoisotopic (exact) mass is 339 g/mol. The summed E-state index contributed by atoms with van der Waals surface area (Å²) >= 11 is 0. The van der Waals surface area contributed by atoms with E-state index in [9.17, 15) is 4.79 Å². The molecule has 0 aliphatic carbocycles. The van der Waals surface area contributed by atoms with Crippen LogP contribution in [0.2, 0.25) is 0 Å². The minimum absolute atomic E-state index is 0.416. The largest absolute Gasteiger partial charge is 0.497 e. The molecule has 0 fully saturated rings. The van der Waals surface area contributed by atoms with E-state index >= 15 is 0 Å². The van der Waals surface area contributed by atoms with Gasteiger partial charge in [0, 0.05) is 0 Å². The lowest BCUT2D eigenvalue weighted by atomic mass is 10.1. The number of benzene rings is 2. The van der Waals surface area contributed by atoms with E-state index in [-0.39, 0.29) is 0 Å². The number of oxime groups is 1. The van der Waals surface area contributed by atoms with Crippen molar-refractivity contribution >= 4 is 17.8 Å². The van der Waals surface area contributed by atoms with Crippen molar-refractivity contribution in [3.8, 4) is 11.5 Å². The lowest BCUT2D eigenvalue weighted by Gasteiger charge is -2.02. The molecule has 0 spiro atoms. The zero-order valence-corrected chi connectivity index (χ0v) is 14.6. The van der Waals surface area contributed by atoms with Crippen molar-refractivity contribution in [1.29, 1.82) is 0 Å². The first-order valence-electron chi connectivity index (χ1n) is 7.90. The van der Waals surface area contributed by atoms with Crippen LogP contribution in [0, 0.1) is 0 Å². The van der Waals surface area contributed by atoms with Crippen LogP contribution in [0.15, 0.2) is 59.8 Å². The Hall–Kier alpha value is -3.08. The van der Waals surface area contributed by atoms with Crippen LogP contribution >= 0.6 is 0 Å². The summed E-state index contributed by atoms with van der Waals surface area (Å²) in [4.78, 5) is 17.0. The van der Waals surface area contributed by atoms with Crippen molar-refractivity contribution in [2.75, 3.05) is 14.2 Å². The van der Waals surface area contributed by atoms with E-state index in [1.54, 1.807) is 38.5 Å². The maximum Gasteiger partial charge on any atom is 0.365 e. The molecule has 0 aromatic heterocycles. The van der Waals surface area contributed by atoms with Crippen LogP contribution in [0.5, 0.6) is 11.5 Å². The molecule has 5 heteroatoms. The highest BCUT2D eigenvalue weighted by Crippen LogP contribution is 2.13. The molecule has 2 aromatic rings. The quantitative estimate of drug-likeness (QED) is 0.428. The van der Waals surface area contributed by atoms with Crippen LogP contribution in [0.3, 0.4) is 0 Å². The number of ether oxygens (including phenoxy) is 2. The van der Waals surface area contributed by atoms with Crippen molar-refractivity contribution in [3.05, 3.63) is 65.7 Å². The van der Waals surface area contributed by atoms with Gasteiger partial charge < -0.3 is 14.3 Å². The first-order valence-corrected chi connectivity index (χ1v) is 7.90. The molecule has 0 amide bonds. The summed E-state index contributed by atoms with van der Waals surface area (Å²) in [5.74, 6) is 0.970. The minimum Gasteiger partial charge on any atom is -0.497 e. The molecule has 0 bridgehead atoms. The molecule has 0 radical (unpaired) electrons. The number of hydrogen-bond acceptors (Lipinski definition) is 5. The number of methoxy groups -OCH3 is 2. The number of nitrogens with zero attached hydrogens (tertiary/aromatic N) is 1. The third kappa shape index (κ3) is 5.49. The molecule has 0 saturated heterocycles. The molecule has 0 N–H and O–H groups in total. The summed E-state index contributed by atoms with van der Waals surface area (Å²) in [6, 6.07) is 14.3. The van der Waals surface area contributed by atoms with Crippen LogP contribution in [0.1, 0.15) is 29.3 Å². The molecule has 0 saturated carbocycles. The smallest absolute Gasteiger partial charge is 0.365 e. The zero-order valence-electron chi connectivity index (χ0n) is 14.6. The Morgan fingerprint density at radius 3 is 2.04 bits per heavy atom. The predicted molar refractivity (Wildman–Crippen MR) is 98.2 cm³/mol. The topological polar surface area (TPSA) is 57.1 Å². The summed E-state index contributed by atoms with van der Waals surface area (Å²) in [5, 5.41) is 3.93. The highest BCUT2D eigenvalue weighted by Gasteiger charge is 2.07. The summed E-state index contributed by atoms with van der Waals surface area (Å²) in [7, 11) is 3.20. The Balaban J connectivity index is 2.00. The van der Waals surface area contributed by atoms with Gasteiger partial charge in [0.1, 0.15) is 11.5 Å². The van der Waals surface area contributed by atoms with Gasteiger partial charge in [-0.05, 0) is 54.5 Å². The number of rotatable bonds is 7. The molecule has 0 aliphatic heterocycles. The average Bonchev–Trinajstić information content (AvgIpc) is 2.68. The van der Waals surface area contributed by atoms with Crippen LogP contribution in [-0.4, -0.2) is 25.9 Å². The Labute approximate surface area is 147 Å². The van der Waals surface area contributed by atoms with Gasteiger partial charge in [-0.1, -0.05) is 30.3 Å². The normalized spacial score (nSPS) is 11.4. The Kier molecular flexibility index (Phi) is 6.77. The first-order chi connectivity index (χ1) is 12.2. The highest BCUT2D eigenvalue weighted by atomic mass is 16.7. The first kappa shape index (κ1) is 18.3. The number of carbonyl (C=O) groups excluding carboxylic acids is 1. The molecule has 25 heavy (non-hydrogen) atoms. The summed E-state index contributed by atoms with van der Waals surface area (Å²) in [5.41, 5.74) is 2.08. The Bertz CT molecular complexity index is 746. The van der Waals surface area contributed by atoms with Gasteiger partial charge in [-0.3, -0.25) is 0 Å². The number of allylic oxidation sites excluding steroid dienone is 1. The second-order valence-corrected chi connectivity index (χ2v) is 5.15. The van der Waals surface area contributed by atoms with E-state index in [4.69, 9.17) is 14.3 Å². The molecule has 2 rings (SSSR count). The predicted octanol–water partition coefficient (Wildman–Crippen LogP) is 4.34. The van der Waals surface area contributed by atoms with Crippen molar-refractivity contribution in [2.24, 2.45) is 5.16 Å². The van der Waals surface area contributed by atoms with E-state index in [2.05, 4.69) is 5.16 Å². The molecule has 0 unspecified atom stereocenters. The third-order valence-corrected chi connectivity index (χ3v) is 3.52. The Morgan fingerprint density at radius 1 is 0.960 bits per heavy atom. The van der Waals surface area contributed by atoms with Crippen molar-refractivity contribution in [2.45, 2.75) is 13.3 Å². The van der Waals surface area contributed by atoms with Crippen LogP contribution in [0.25, 0.3) is 6.08 Å². The van der Waals surface area contributed by atoms with Gasteiger partial charge in [0.2, 0.25) is 0 Å². The van der Waals surface area contributed by atoms with Gasteiger partial charge in [-0.25, -0.2) is 4.79 Å². The third-order valence-electron chi connectivity index (χ3n) is 3.52. The standard InChI is InChI=1S/C20H21NO4/c1-4-17(10-5-15-6-11-18(23-2)12-7-15)21-25-20(22)16-8-13-19(24-3)14-9-16/h5-14H,4H2,1-3H3/b10-5+,21-17+. The second-order valence-electron chi connectivity index (χ2n) is 5.15. The van der Waals surface area contributed by atoms with E-state index in [1.807, 2.05) is 43.3 Å². The molecular weight excluding hydrogens is 318 g/mol. The molecule has 0 heterocycles. The van der Waals surface area contributed by atoms with Gasteiger partial charge in [-0.15, -0.1) is 0 Å². The zero-order chi connectivity index (χ0) is 18.1. The molecule has 0 atom stereocenters. The lowest BCUT2D eigenvalue weighted by molar-refractivity contribution is 0.0516. The van der Waals surface area contributed by atoms with Gasteiger partial charge in [0.25, 0.3) is 0 Å². The van der Waals surface area contributed by atoms with Gasteiger partial charge in [-0.2, -0.15) is 0 Å². The molecule has 5 nitrogen and oxygen atoms in total. The fraction of sp³-hybridized carbons (Fsp3) is 0.200. The van der Waals surface area contributed by atoms with E-state index in [0.717, 1.165) is 11.3 Å². The van der Waals surface area contributed by atoms with E-state index in [0.29, 0.717) is 23.4 Å². The van der Waals surface area contributed by atoms with E-state index in [1.165, 1.54) is 0 Å². The highest BCUT2D eigenvalue weighted by molar-refractivity contribution is 5.98. The number of carbonyl (C=O) groups is 1. The number of hydrogen-bond donors (Lipinski definition) is 0. The van der Waals surface area contributed by atoms with Crippen molar-refractivity contribution in [3.63, 3.8) is 0 Å². The van der Waals surface area contributed by atoms with Crippen LogP contribution in [0.4, 0.5) is 0 Å². The lowest BCUT2D eigenvalue weighted by Crippen LogP contribution is -2.03. The van der Waals surface area contributed by atoms with Gasteiger partial charge >= 0.3 is 5.97 Å². The van der Waals surface area contributed by atoms with Crippen molar-refractivity contribution in [1.82, 2.24) is 0 Å².